The van der Waals surface area contributed by atoms with Crippen molar-refractivity contribution >= 4 is 18.0 Å². The van der Waals surface area contributed by atoms with Crippen LogP contribution in [0.15, 0.2) is 60.8 Å². The molecular formula is C24H39NO2S. The molecule has 0 rings (SSSR count). The van der Waals surface area contributed by atoms with Crippen molar-refractivity contribution in [2.75, 3.05) is 18.8 Å². The maximum absolute atomic E-state index is 11.5. The maximum atomic E-state index is 11.5. The van der Waals surface area contributed by atoms with E-state index in [0.717, 1.165) is 63.8 Å². The average molecular weight is 406 g/mol. The summed E-state index contributed by atoms with van der Waals surface area (Å²) < 4.78 is 5.11. The van der Waals surface area contributed by atoms with Gasteiger partial charge in [0.2, 0.25) is 0 Å². The van der Waals surface area contributed by atoms with Crippen LogP contribution < -0.4 is 5.32 Å². The van der Waals surface area contributed by atoms with Gasteiger partial charge in [-0.05, 0) is 51.5 Å². The second-order valence-electron chi connectivity index (χ2n) is 6.23. The van der Waals surface area contributed by atoms with Gasteiger partial charge in [-0.25, -0.2) is 0 Å². The summed E-state index contributed by atoms with van der Waals surface area (Å²) in [5, 5.41) is 3.19. The van der Waals surface area contributed by atoms with Crippen molar-refractivity contribution in [3.63, 3.8) is 0 Å². The van der Waals surface area contributed by atoms with Crippen LogP contribution in [0, 0.1) is 0 Å². The Morgan fingerprint density at radius 3 is 1.89 bits per heavy atom. The average Bonchev–Trinajstić information content (AvgIpc) is 2.70. The lowest BCUT2D eigenvalue weighted by Crippen LogP contribution is -2.16. The zero-order valence-corrected chi connectivity index (χ0v) is 18.6. The molecule has 0 bridgehead atoms. The van der Waals surface area contributed by atoms with Crippen molar-refractivity contribution < 1.29 is 8.98 Å². The highest BCUT2D eigenvalue weighted by atomic mass is 32.2. The molecule has 28 heavy (non-hydrogen) atoms. The SMILES string of the molecule is CC/C=C\C/C=C\C/C=C\C/C=C\C/C=C\CCCC(=O)OSCCNCC. The van der Waals surface area contributed by atoms with E-state index in [2.05, 4.69) is 79.9 Å². The first-order valence-corrected chi connectivity index (χ1v) is 11.5. The van der Waals surface area contributed by atoms with Crippen LogP contribution in [-0.2, 0) is 8.98 Å². The van der Waals surface area contributed by atoms with E-state index in [4.69, 9.17) is 4.18 Å². The van der Waals surface area contributed by atoms with E-state index in [1.54, 1.807) is 0 Å². The van der Waals surface area contributed by atoms with Crippen molar-refractivity contribution in [1.82, 2.24) is 5.32 Å². The second kappa shape index (κ2) is 23.5. The minimum absolute atomic E-state index is 0.117. The topological polar surface area (TPSA) is 38.3 Å². The molecule has 0 fully saturated rings. The number of carbonyl (C=O) groups excluding carboxylic acids is 1. The molecule has 0 aliphatic carbocycles. The normalized spacial score (nSPS) is 12.5. The van der Waals surface area contributed by atoms with Gasteiger partial charge in [0.15, 0.2) is 0 Å². The monoisotopic (exact) mass is 405 g/mol. The Labute approximate surface area is 177 Å². The van der Waals surface area contributed by atoms with E-state index in [1.807, 2.05) is 0 Å². The summed E-state index contributed by atoms with van der Waals surface area (Å²) in [7, 11) is 0. The number of hydrogen-bond acceptors (Lipinski definition) is 4. The molecule has 0 heterocycles. The van der Waals surface area contributed by atoms with Crippen LogP contribution in [-0.4, -0.2) is 24.8 Å². The lowest BCUT2D eigenvalue weighted by atomic mass is 10.2. The van der Waals surface area contributed by atoms with E-state index < -0.39 is 0 Å². The first kappa shape index (κ1) is 26.5. The van der Waals surface area contributed by atoms with E-state index in [0.29, 0.717) is 6.42 Å². The van der Waals surface area contributed by atoms with Gasteiger partial charge >= 0.3 is 5.97 Å². The van der Waals surface area contributed by atoms with Gasteiger partial charge in [-0.3, -0.25) is 4.79 Å². The number of allylic oxidation sites excluding steroid dienone is 10. The number of hydrogen-bond donors (Lipinski definition) is 1. The molecule has 0 amide bonds. The molecule has 158 valence electrons. The maximum Gasteiger partial charge on any atom is 0.317 e. The molecule has 0 saturated carbocycles. The predicted octanol–water partition coefficient (Wildman–Crippen LogP) is 6.71. The smallest absolute Gasteiger partial charge is 0.317 e. The highest BCUT2D eigenvalue weighted by molar-refractivity contribution is 7.95. The fraction of sp³-hybridized carbons (Fsp3) is 0.542. The third-order valence-corrected chi connectivity index (χ3v) is 4.35. The van der Waals surface area contributed by atoms with Gasteiger partial charge in [-0.2, -0.15) is 0 Å². The van der Waals surface area contributed by atoms with Gasteiger partial charge in [0.1, 0.15) is 0 Å². The molecule has 0 aromatic heterocycles. The molecule has 0 aromatic rings. The third-order valence-electron chi connectivity index (χ3n) is 3.67. The summed E-state index contributed by atoms with van der Waals surface area (Å²) in [6.45, 7) is 6.03. The molecule has 0 radical (unpaired) electrons. The summed E-state index contributed by atoms with van der Waals surface area (Å²) in [4.78, 5) is 11.5. The fourth-order valence-corrected chi connectivity index (χ4v) is 2.70. The molecular weight excluding hydrogens is 366 g/mol. The molecule has 1 N–H and O–H groups in total. The van der Waals surface area contributed by atoms with Crippen molar-refractivity contribution in [2.24, 2.45) is 0 Å². The highest BCUT2D eigenvalue weighted by Gasteiger charge is 2.02. The summed E-state index contributed by atoms with van der Waals surface area (Å²) in [5.74, 6) is 0.683. The van der Waals surface area contributed by atoms with Gasteiger partial charge in [-0.1, -0.05) is 74.6 Å². The van der Waals surface area contributed by atoms with E-state index >= 15 is 0 Å². The molecule has 0 aromatic carbocycles. The number of carbonyl (C=O) groups is 1. The number of unbranched alkanes of at least 4 members (excludes halogenated alkanes) is 1. The molecule has 0 saturated heterocycles. The third kappa shape index (κ3) is 22.5. The summed E-state index contributed by atoms with van der Waals surface area (Å²) in [6.07, 6.45) is 29.2. The van der Waals surface area contributed by atoms with Gasteiger partial charge < -0.3 is 9.50 Å². The largest absolute Gasteiger partial charge is 0.391 e. The lowest BCUT2D eigenvalue weighted by molar-refractivity contribution is -0.133. The van der Waals surface area contributed by atoms with Crippen LogP contribution in [0.1, 0.15) is 65.2 Å². The summed E-state index contributed by atoms with van der Waals surface area (Å²) in [5.41, 5.74) is 0. The molecule has 3 nitrogen and oxygen atoms in total. The molecule has 0 spiro atoms. The first-order chi connectivity index (χ1) is 13.8. The van der Waals surface area contributed by atoms with Gasteiger partial charge in [0.25, 0.3) is 0 Å². The van der Waals surface area contributed by atoms with Crippen LogP contribution in [0.2, 0.25) is 0 Å². The molecule has 0 aliphatic heterocycles. The quantitative estimate of drug-likeness (QED) is 0.156. The number of nitrogens with one attached hydrogen (secondary N) is 1. The van der Waals surface area contributed by atoms with Crippen LogP contribution >= 0.6 is 12.0 Å². The van der Waals surface area contributed by atoms with E-state index in [9.17, 15) is 4.79 Å². The Kier molecular flexibility index (Phi) is 22.2. The van der Waals surface area contributed by atoms with Crippen molar-refractivity contribution in [1.29, 1.82) is 0 Å². The van der Waals surface area contributed by atoms with Crippen molar-refractivity contribution in [3.8, 4) is 0 Å². The van der Waals surface area contributed by atoms with E-state index in [1.165, 1.54) is 12.0 Å². The zero-order valence-electron chi connectivity index (χ0n) is 17.8. The van der Waals surface area contributed by atoms with Crippen LogP contribution in [0.5, 0.6) is 0 Å². The Hall–Kier alpha value is -1.52. The van der Waals surface area contributed by atoms with Crippen molar-refractivity contribution in [3.05, 3.63) is 60.8 Å². The second-order valence-corrected chi connectivity index (χ2v) is 7.04. The Bertz CT molecular complexity index is 493. The first-order valence-electron chi connectivity index (χ1n) is 10.6. The summed E-state index contributed by atoms with van der Waals surface area (Å²) >= 11 is 1.24. The fourth-order valence-electron chi connectivity index (χ4n) is 2.17. The van der Waals surface area contributed by atoms with Gasteiger partial charge in [-0.15, -0.1) is 0 Å². The van der Waals surface area contributed by atoms with Crippen LogP contribution in [0.3, 0.4) is 0 Å². The minimum Gasteiger partial charge on any atom is -0.391 e. The van der Waals surface area contributed by atoms with Gasteiger partial charge in [0, 0.05) is 18.7 Å². The number of rotatable bonds is 18. The standard InChI is InChI=1S/C24H39NO2S/c1-3-5-6-7-8-9-10-11-12-13-14-15-16-17-18-19-20-21-24(26)27-28-23-22-25-4-2/h5-6,8-9,11-12,14-15,17-18,25H,3-4,7,10,13,16,19-23H2,1-2H3/b6-5-,9-8-,12-11-,15-14-,18-17-. The zero-order chi connectivity index (χ0) is 20.5. The Morgan fingerprint density at radius 1 is 0.821 bits per heavy atom. The molecule has 0 unspecified atom stereocenters. The highest BCUT2D eigenvalue weighted by Crippen LogP contribution is 2.07. The predicted molar refractivity (Wildman–Crippen MR) is 125 cm³/mol. The molecule has 0 atom stereocenters. The van der Waals surface area contributed by atoms with Crippen molar-refractivity contribution in [2.45, 2.75) is 65.2 Å². The summed E-state index contributed by atoms with van der Waals surface area (Å²) in [6, 6.07) is 0. The van der Waals surface area contributed by atoms with Crippen LogP contribution in [0.4, 0.5) is 0 Å². The van der Waals surface area contributed by atoms with E-state index in [-0.39, 0.29) is 5.97 Å². The lowest BCUT2D eigenvalue weighted by Gasteiger charge is -2.02. The minimum atomic E-state index is -0.117. The Balaban J connectivity index is 3.47. The van der Waals surface area contributed by atoms with Crippen LogP contribution in [0.25, 0.3) is 0 Å². The Morgan fingerprint density at radius 2 is 1.36 bits per heavy atom. The van der Waals surface area contributed by atoms with Gasteiger partial charge in [0.05, 0.1) is 12.0 Å². The molecule has 4 heteroatoms. The molecule has 0 aliphatic rings.